The standard InChI is InChI=1S/C19H20N2O4/c1-24-15-3-5-16(6-4-15)25-9-8-20-18(22)11-13-2-7-17-14(10-13)12-19(23)21-17/h2-7,10H,8-9,11-12H2,1H3,(H,20,22)(H,21,23). The fourth-order valence-electron chi connectivity index (χ4n) is 2.67. The van der Waals surface area contributed by atoms with Crippen LogP contribution in [0.3, 0.4) is 0 Å². The predicted octanol–water partition coefficient (Wildman–Crippen LogP) is 1.93. The Labute approximate surface area is 146 Å². The molecule has 130 valence electrons. The Morgan fingerprint density at radius 2 is 1.92 bits per heavy atom. The number of carbonyl (C=O) groups is 2. The Morgan fingerprint density at radius 3 is 2.68 bits per heavy atom. The van der Waals surface area contributed by atoms with E-state index in [1.54, 1.807) is 7.11 Å². The molecular weight excluding hydrogens is 320 g/mol. The zero-order chi connectivity index (χ0) is 17.6. The Hall–Kier alpha value is -3.02. The van der Waals surface area contributed by atoms with Crippen molar-refractivity contribution >= 4 is 17.5 Å². The first-order valence-electron chi connectivity index (χ1n) is 8.09. The van der Waals surface area contributed by atoms with Crippen molar-refractivity contribution in [1.29, 1.82) is 0 Å². The van der Waals surface area contributed by atoms with Gasteiger partial charge in [0.2, 0.25) is 11.8 Å². The Bertz CT molecular complexity index is 771. The van der Waals surface area contributed by atoms with Crippen LogP contribution in [0.5, 0.6) is 11.5 Å². The summed E-state index contributed by atoms with van der Waals surface area (Å²) in [5, 5.41) is 5.61. The van der Waals surface area contributed by atoms with Crippen LogP contribution in [0.4, 0.5) is 5.69 Å². The number of ether oxygens (including phenoxy) is 2. The van der Waals surface area contributed by atoms with E-state index in [1.165, 1.54) is 0 Å². The Morgan fingerprint density at radius 1 is 1.16 bits per heavy atom. The van der Waals surface area contributed by atoms with E-state index in [9.17, 15) is 9.59 Å². The zero-order valence-electron chi connectivity index (χ0n) is 14.0. The highest BCUT2D eigenvalue weighted by molar-refractivity contribution is 5.99. The van der Waals surface area contributed by atoms with Crippen molar-refractivity contribution in [3.8, 4) is 11.5 Å². The largest absolute Gasteiger partial charge is 0.497 e. The van der Waals surface area contributed by atoms with Crippen LogP contribution in [0.2, 0.25) is 0 Å². The second-order valence-electron chi connectivity index (χ2n) is 5.77. The third-order valence-electron chi connectivity index (χ3n) is 3.91. The maximum atomic E-state index is 12.0. The van der Waals surface area contributed by atoms with Crippen molar-refractivity contribution in [3.05, 3.63) is 53.6 Å². The van der Waals surface area contributed by atoms with Gasteiger partial charge in [0.1, 0.15) is 18.1 Å². The molecule has 0 aromatic heterocycles. The van der Waals surface area contributed by atoms with Crippen molar-refractivity contribution in [2.24, 2.45) is 0 Å². The van der Waals surface area contributed by atoms with Gasteiger partial charge in [0.15, 0.2) is 0 Å². The minimum Gasteiger partial charge on any atom is -0.497 e. The number of methoxy groups -OCH3 is 1. The maximum absolute atomic E-state index is 12.0. The summed E-state index contributed by atoms with van der Waals surface area (Å²) in [6, 6.07) is 12.9. The van der Waals surface area contributed by atoms with Gasteiger partial charge in [-0.1, -0.05) is 12.1 Å². The van der Waals surface area contributed by atoms with Crippen LogP contribution in [-0.4, -0.2) is 32.1 Å². The summed E-state index contributed by atoms with van der Waals surface area (Å²) >= 11 is 0. The number of anilines is 1. The van der Waals surface area contributed by atoms with E-state index in [0.29, 0.717) is 19.6 Å². The van der Waals surface area contributed by atoms with Gasteiger partial charge < -0.3 is 20.1 Å². The summed E-state index contributed by atoms with van der Waals surface area (Å²) in [5.74, 6) is 1.42. The summed E-state index contributed by atoms with van der Waals surface area (Å²) in [6.07, 6.45) is 0.657. The Balaban J connectivity index is 1.41. The first kappa shape index (κ1) is 16.8. The van der Waals surface area contributed by atoms with Gasteiger partial charge >= 0.3 is 0 Å². The first-order valence-corrected chi connectivity index (χ1v) is 8.09. The van der Waals surface area contributed by atoms with Gasteiger partial charge in [-0.3, -0.25) is 9.59 Å². The third-order valence-corrected chi connectivity index (χ3v) is 3.91. The molecule has 2 aromatic carbocycles. The Kier molecular flexibility index (Phi) is 5.18. The topological polar surface area (TPSA) is 76.7 Å². The summed E-state index contributed by atoms with van der Waals surface area (Å²) in [4.78, 5) is 23.4. The molecule has 1 aliphatic heterocycles. The van der Waals surface area contributed by atoms with Gasteiger partial charge in [0, 0.05) is 5.69 Å². The number of amides is 2. The molecule has 0 bridgehead atoms. The molecule has 0 saturated heterocycles. The summed E-state index contributed by atoms with van der Waals surface area (Å²) in [5.41, 5.74) is 2.67. The van der Waals surface area contributed by atoms with E-state index in [0.717, 1.165) is 28.3 Å². The highest BCUT2D eigenvalue weighted by Crippen LogP contribution is 2.24. The molecule has 1 aliphatic rings. The lowest BCUT2D eigenvalue weighted by atomic mass is 10.1. The number of carbonyl (C=O) groups excluding carboxylic acids is 2. The average molecular weight is 340 g/mol. The molecule has 0 unspecified atom stereocenters. The van der Waals surface area contributed by atoms with Gasteiger partial charge in [-0.05, 0) is 41.5 Å². The lowest BCUT2D eigenvalue weighted by Crippen LogP contribution is -2.29. The van der Waals surface area contributed by atoms with E-state index >= 15 is 0 Å². The fraction of sp³-hybridized carbons (Fsp3) is 0.263. The van der Waals surface area contributed by atoms with Crippen LogP contribution >= 0.6 is 0 Å². The van der Waals surface area contributed by atoms with Gasteiger partial charge in [0.25, 0.3) is 0 Å². The molecule has 6 heteroatoms. The van der Waals surface area contributed by atoms with Crippen LogP contribution in [0.25, 0.3) is 0 Å². The number of nitrogens with one attached hydrogen (secondary N) is 2. The average Bonchev–Trinajstić information content (AvgIpc) is 2.98. The molecule has 2 N–H and O–H groups in total. The zero-order valence-corrected chi connectivity index (χ0v) is 14.0. The summed E-state index contributed by atoms with van der Waals surface area (Å²) in [6.45, 7) is 0.816. The minimum absolute atomic E-state index is 0.00715. The van der Waals surface area contributed by atoms with Crippen LogP contribution in [-0.2, 0) is 22.4 Å². The molecule has 3 rings (SSSR count). The van der Waals surface area contributed by atoms with Crippen molar-refractivity contribution in [3.63, 3.8) is 0 Å². The fourth-order valence-corrected chi connectivity index (χ4v) is 2.67. The van der Waals surface area contributed by atoms with E-state index in [2.05, 4.69) is 10.6 Å². The lowest BCUT2D eigenvalue weighted by Gasteiger charge is -2.09. The van der Waals surface area contributed by atoms with Gasteiger partial charge in [0.05, 0.1) is 26.5 Å². The molecule has 2 amide bonds. The van der Waals surface area contributed by atoms with Crippen molar-refractivity contribution in [2.75, 3.05) is 25.6 Å². The molecule has 6 nitrogen and oxygen atoms in total. The highest BCUT2D eigenvalue weighted by Gasteiger charge is 2.17. The molecule has 0 fully saturated rings. The molecule has 0 spiro atoms. The predicted molar refractivity (Wildman–Crippen MR) is 94.0 cm³/mol. The van der Waals surface area contributed by atoms with E-state index in [-0.39, 0.29) is 18.2 Å². The van der Waals surface area contributed by atoms with E-state index in [1.807, 2.05) is 42.5 Å². The maximum Gasteiger partial charge on any atom is 0.228 e. The first-order chi connectivity index (χ1) is 12.1. The molecule has 25 heavy (non-hydrogen) atoms. The smallest absolute Gasteiger partial charge is 0.228 e. The van der Waals surface area contributed by atoms with Crippen LogP contribution in [0.1, 0.15) is 11.1 Å². The second-order valence-corrected chi connectivity index (χ2v) is 5.77. The number of fused-ring (bicyclic) bond motifs is 1. The molecule has 0 radical (unpaired) electrons. The second kappa shape index (κ2) is 7.70. The molecular formula is C19H20N2O4. The van der Waals surface area contributed by atoms with Crippen LogP contribution in [0.15, 0.2) is 42.5 Å². The SMILES string of the molecule is COc1ccc(OCCNC(=O)Cc2ccc3c(c2)CC(=O)N3)cc1. The number of rotatable bonds is 7. The van der Waals surface area contributed by atoms with Crippen molar-refractivity contribution in [2.45, 2.75) is 12.8 Å². The van der Waals surface area contributed by atoms with Gasteiger partial charge in [-0.2, -0.15) is 0 Å². The van der Waals surface area contributed by atoms with Crippen molar-refractivity contribution in [1.82, 2.24) is 5.32 Å². The van der Waals surface area contributed by atoms with E-state index < -0.39 is 0 Å². The van der Waals surface area contributed by atoms with Crippen LogP contribution in [0, 0.1) is 0 Å². The van der Waals surface area contributed by atoms with Gasteiger partial charge in [-0.15, -0.1) is 0 Å². The third kappa shape index (κ3) is 4.50. The number of hydrogen-bond acceptors (Lipinski definition) is 4. The lowest BCUT2D eigenvalue weighted by molar-refractivity contribution is -0.120. The molecule has 0 aliphatic carbocycles. The molecule has 2 aromatic rings. The molecule has 0 atom stereocenters. The number of hydrogen-bond donors (Lipinski definition) is 2. The highest BCUT2D eigenvalue weighted by atomic mass is 16.5. The summed E-state index contributed by atoms with van der Waals surface area (Å²) in [7, 11) is 1.61. The normalized spacial score (nSPS) is 12.3. The van der Waals surface area contributed by atoms with Crippen molar-refractivity contribution < 1.29 is 19.1 Å². The quantitative estimate of drug-likeness (QED) is 0.755. The summed E-state index contributed by atoms with van der Waals surface area (Å²) < 4.78 is 10.6. The monoisotopic (exact) mass is 340 g/mol. The van der Waals surface area contributed by atoms with Crippen LogP contribution < -0.4 is 20.1 Å². The number of benzene rings is 2. The minimum atomic E-state index is -0.0736. The molecule has 0 saturated carbocycles. The molecule has 1 heterocycles. The van der Waals surface area contributed by atoms with E-state index in [4.69, 9.17) is 9.47 Å². The van der Waals surface area contributed by atoms with Gasteiger partial charge in [-0.25, -0.2) is 0 Å².